The molecule has 0 bridgehead atoms. The van der Waals surface area contributed by atoms with Crippen LogP contribution in [0.5, 0.6) is 11.5 Å². The Labute approximate surface area is 154 Å². The topological polar surface area (TPSA) is 114 Å². The lowest BCUT2D eigenvalue weighted by molar-refractivity contribution is -0.384. The quantitative estimate of drug-likeness (QED) is 0.243. The molecule has 0 unspecified atom stereocenters. The summed E-state index contributed by atoms with van der Waals surface area (Å²) in [6.07, 6.45) is 2.87. The summed E-state index contributed by atoms with van der Waals surface area (Å²) in [5.41, 5.74) is 0.582. The molecule has 0 aliphatic heterocycles. The van der Waals surface area contributed by atoms with Crippen molar-refractivity contribution >= 4 is 40.7 Å². The summed E-state index contributed by atoms with van der Waals surface area (Å²) < 4.78 is 5.05. The first-order chi connectivity index (χ1) is 12.4. The largest absolute Gasteiger partial charge is 0.506 e. The Bertz CT molecular complexity index is 865. The molecular weight excluding hydrogens is 358 g/mol. The predicted molar refractivity (Wildman–Crippen MR) is 101 cm³/mol. The Morgan fingerprint density at radius 3 is 2.58 bits per heavy atom. The zero-order valence-corrected chi connectivity index (χ0v) is 14.4. The van der Waals surface area contributed by atoms with Gasteiger partial charge in [0.05, 0.1) is 17.7 Å². The number of carbonyl (C=O) groups excluding carboxylic acids is 1. The van der Waals surface area contributed by atoms with Crippen molar-refractivity contribution in [2.24, 2.45) is 0 Å². The second-order valence-electron chi connectivity index (χ2n) is 5.01. The van der Waals surface area contributed by atoms with Gasteiger partial charge in [-0.25, -0.2) is 0 Å². The fourth-order valence-electron chi connectivity index (χ4n) is 1.93. The lowest BCUT2D eigenvalue weighted by Gasteiger charge is -2.09. The highest BCUT2D eigenvalue weighted by Gasteiger charge is 2.11. The van der Waals surface area contributed by atoms with Crippen molar-refractivity contribution in [3.8, 4) is 11.5 Å². The summed E-state index contributed by atoms with van der Waals surface area (Å²) in [5.74, 6) is -0.0297. The van der Waals surface area contributed by atoms with Crippen LogP contribution in [0.15, 0.2) is 48.5 Å². The number of rotatable bonds is 5. The van der Waals surface area contributed by atoms with Crippen LogP contribution in [0.2, 0.25) is 0 Å². The molecule has 1 amide bonds. The summed E-state index contributed by atoms with van der Waals surface area (Å²) in [5, 5.41) is 25.3. The summed E-state index contributed by atoms with van der Waals surface area (Å²) >= 11 is 4.97. The van der Waals surface area contributed by atoms with Crippen molar-refractivity contribution in [3.63, 3.8) is 0 Å². The summed E-state index contributed by atoms with van der Waals surface area (Å²) in [6, 6.07) is 10.5. The molecule has 2 aromatic carbocycles. The average Bonchev–Trinajstić information content (AvgIpc) is 2.62. The minimum Gasteiger partial charge on any atom is -0.506 e. The van der Waals surface area contributed by atoms with Gasteiger partial charge < -0.3 is 15.2 Å². The van der Waals surface area contributed by atoms with Gasteiger partial charge in [0.2, 0.25) is 5.91 Å². The molecule has 8 nitrogen and oxygen atoms in total. The van der Waals surface area contributed by atoms with Crippen molar-refractivity contribution < 1.29 is 19.6 Å². The van der Waals surface area contributed by atoms with Crippen LogP contribution >= 0.6 is 12.2 Å². The maximum absolute atomic E-state index is 11.9. The molecule has 26 heavy (non-hydrogen) atoms. The van der Waals surface area contributed by atoms with Gasteiger partial charge in [-0.15, -0.1) is 0 Å². The highest BCUT2D eigenvalue weighted by molar-refractivity contribution is 7.80. The molecular formula is C17H15N3O5S. The SMILES string of the molecule is COc1ccc(/C=C/C(=O)NC(=S)Nc2cc([N+](=O)[O-])ccc2O)cc1. The van der Waals surface area contributed by atoms with Gasteiger partial charge in [0.1, 0.15) is 11.5 Å². The maximum Gasteiger partial charge on any atom is 0.271 e. The molecule has 0 aliphatic rings. The third-order valence-corrected chi connectivity index (χ3v) is 3.42. The number of non-ortho nitro benzene ring substituents is 1. The van der Waals surface area contributed by atoms with Crippen LogP contribution in [0.25, 0.3) is 6.08 Å². The number of phenols is 1. The number of phenolic OH excluding ortho intramolecular Hbond substituents is 1. The fourth-order valence-corrected chi connectivity index (χ4v) is 2.14. The van der Waals surface area contributed by atoms with Crippen LogP contribution in [0.4, 0.5) is 11.4 Å². The number of nitro benzene ring substituents is 1. The number of nitro groups is 1. The van der Waals surface area contributed by atoms with E-state index in [1.165, 1.54) is 6.08 Å². The number of nitrogens with zero attached hydrogens (tertiary/aromatic N) is 1. The molecule has 0 radical (unpaired) electrons. The second-order valence-corrected chi connectivity index (χ2v) is 5.42. The Kier molecular flexibility index (Phi) is 6.23. The van der Waals surface area contributed by atoms with Crippen LogP contribution in [0.1, 0.15) is 5.56 Å². The van der Waals surface area contributed by atoms with E-state index in [0.29, 0.717) is 5.75 Å². The number of ether oxygens (including phenoxy) is 1. The number of methoxy groups -OCH3 is 1. The van der Waals surface area contributed by atoms with Crippen molar-refractivity contribution in [1.29, 1.82) is 0 Å². The molecule has 134 valence electrons. The first-order valence-electron chi connectivity index (χ1n) is 7.30. The number of aromatic hydroxyl groups is 1. The van der Waals surface area contributed by atoms with E-state index in [1.54, 1.807) is 37.5 Å². The normalized spacial score (nSPS) is 10.3. The molecule has 0 atom stereocenters. The van der Waals surface area contributed by atoms with E-state index in [0.717, 1.165) is 23.8 Å². The highest BCUT2D eigenvalue weighted by atomic mass is 32.1. The molecule has 2 rings (SSSR count). The first kappa shape index (κ1) is 18.9. The Morgan fingerprint density at radius 2 is 1.96 bits per heavy atom. The molecule has 0 saturated carbocycles. The van der Waals surface area contributed by atoms with E-state index in [1.807, 2.05) is 0 Å². The van der Waals surface area contributed by atoms with E-state index >= 15 is 0 Å². The van der Waals surface area contributed by atoms with Crippen molar-refractivity contribution in [3.05, 3.63) is 64.2 Å². The predicted octanol–water partition coefficient (Wildman–Crippen LogP) is 2.84. The number of carbonyl (C=O) groups is 1. The summed E-state index contributed by atoms with van der Waals surface area (Å²) in [7, 11) is 1.56. The smallest absolute Gasteiger partial charge is 0.271 e. The van der Waals surface area contributed by atoms with E-state index < -0.39 is 10.8 Å². The third kappa shape index (κ3) is 5.28. The highest BCUT2D eigenvalue weighted by Crippen LogP contribution is 2.27. The average molecular weight is 373 g/mol. The van der Waals surface area contributed by atoms with Gasteiger partial charge in [0, 0.05) is 18.2 Å². The summed E-state index contributed by atoms with van der Waals surface area (Å²) in [4.78, 5) is 22.0. The van der Waals surface area contributed by atoms with Gasteiger partial charge in [0.15, 0.2) is 5.11 Å². The van der Waals surface area contributed by atoms with Crippen molar-refractivity contribution in [1.82, 2.24) is 5.32 Å². The maximum atomic E-state index is 11.9. The molecule has 0 aromatic heterocycles. The molecule has 3 N–H and O–H groups in total. The van der Waals surface area contributed by atoms with E-state index in [4.69, 9.17) is 17.0 Å². The molecule has 9 heteroatoms. The van der Waals surface area contributed by atoms with Crippen molar-refractivity contribution in [2.75, 3.05) is 12.4 Å². The van der Waals surface area contributed by atoms with E-state index in [2.05, 4.69) is 10.6 Å². The number of hydrogen-bond acceptors (Lipinski definition) is 6. The number of thiocarbonyl (C=S) groups is 1. The van der Waals surface area contributed by atoms with Crippen LogP contribution < -0.4 is 15.4 Å². The Morgan fingerprint density at radius 1 is 1.27 bits per heavy atom. The molecule has 0 aliphatic carbocycles. The number of hydrogen-bond donors (Lipinski definition) is 3. The lowest BCUT2D eigenvalue weighted by atomic mass is 10.2. The van der Waals surface area contributed by atoms with Gasteiger partial charge in [-0.3, -0.25) is 20.2 Å². The number of amides is 1. The Hall–Kier alpha value is -3.46. The molecule has 0 saturated heterocycles. The van der Waals surface area contributed by atoms with Gasteiger partial charge in [0.25, 0.3) is 5.69 Å². The monoisotopic (exact) mass is 373 g/mol. The standard InChI is InChI=1S/C17H15N3O5S/c1-25-13-6-2-11(3-7-13)4-9-16(22)19-17(26)18-14-10-12(20(23)24)5-8-15(14)21/h2-10,21H,1H3,(H2,18,19,22,26)/b9-4+. The Balaban J connectivity index is 1.96. The molecule has 2 aromatic rings. The molecule has 0 heterocycles. The van der Waals surface area contributed by atoms with Crippen LogP contribution in [0.3, 0.4) is 0 Å². The molecule has 0 fully saturated rings. The zero-order valence-electron chi connectivity index (χ0n) is 13.6. The van der Waals surface area contributed by atoms with Gasteiger partial charge in [-0.05, 0) is 42.1 Å². The fraction of sp³-hybridized carbons (Fsp3) is 0.0588. The minimum atomic E-state index is -0.607. The lowest BCUT2D eigenvalue weighted by Crippen LogP contribution is -2.32. The number of anilines is 1. The number of nitrogens with one attached hydrogen (secondary N) is 2. The van der Waals surface area contributed by atoms with Crippen LogP contribution in [-0.4, -0.2) is 28.2 Å². The molecule has 0 spiro atoms. The number of benzene rings is 2. The van der Waals surface area contributed by atoms with Crippen molar-refractivity contribution in [2.45, 2.75) is 0 Å². The summed E-state index contributed by atoms with van der Waals surface area (Å²) in [6.45, 7) is 0. The van der Waals surface area contributed by atoms with E-state index in [-0.39, 0.29) is 22.2 Å². The zero-order chi connectivity index (χ0) is 19.1. The minimum absolute atomic E-state index is 0.0173. The van der Waals surface area contributed by atoms with Gasteiger partial charge in [-0.2, -0.15) is 0 Å². The third-order valence-electron chi connectivity index (χ3n) is 3.22. The van der Waals surface area contributed by atoms with Gasteiger partial charge in [-0.1, -0.05) is 12.1 Å². The van der Waals surface area contributed by atoms with E-state index in [9.17, 15) is 20.0 Å². The second kappa shape index (κ2) is 8.58. The van der Waals surface area contributed by atoms with Crippen LogP contribution in [0, 0.1) is 10.1 Å². The first-order valence-corrected chi connectivity index (χ1v) is 7.71. The van der Waals surface area contributed by atoms with Gasteiger partial charge >= 0.3 is 0 Å². The van der Waals surface area contributed by atoms with Crippen LogP contribution in [-0.2, 0) is 4.79 Å².